The SMILES string of the molecule is Cc1c(C)c2c(c(C)c1OC1C=CC(C)(N)CC1)CC(C)(COC1C=CC(N)CC1)O2. The van der Waals surface area contributed by atoms with Gasteiger partial charge in [0.15, 0.2) is 0 Å². The summed E-state index contributed by atoms with van der Waals surface area (Å²) in [6, 6.07) is 0.159. The fourth-order valence-electron chi connectivity index (χ4n) is 4.87. The van der Waals surface area contributed by atoms with Crippen LogP contribution in [0.15, 0.2) is 24.3 Å². The molecule has 0 aromatic heterocycles. The summed E-state index contributed by atoms with van der Waals surface area (Å²) in [7, 11) is 0. The van der Waals surface area contributed by atoms with Gasteiger partial charge >= 0.3 is 0 Å². The van der Waals surface area contributed by atoms with E-state index in [1.54, 1.807) is 0 Å². The van der Waals surface area contributed by atoms with Crippen LogP contribution in [0.3, 0.4) is 0 Å². The van der Waals surface area contributed by atoms with Crippen LogP contribution in [0, 0.1) is 20.8 Å². The zero-order valence-electron chi connectivity index (χ0n) is 19.7. The topological polar surface area (TPSA) is 79.7 Å². The molecule has 1 aromatic rings. The maximum absolute atomic E-state index is 6.51. The van der Waals surface area contributed by atoms with Crippen LogP contribution >= 0.6 is 0 Å². The molecule has 5 atom stereocenters. The first kappa shape index (κ1) is 22.4. The Bertz CT molecular complexity index is 905. The number of hydrogen-bond donors (Lipinski definition) is 2. The lowest BCUT2D eigenvalue weighted by Gasteiger charge is -2.30. The molecule has 5 nitrogen and oxygen atoms in total. The zero-order valence-corrected chi connectivity index (χ0v) is 19.7. The van der Waals surface area contributed by atoms with Crippen molar-refractivity contribution in [3.63, 3.8) is 0 Å². The number of nitrogens with two attached hydrogens (primary N) is 2. The Morgan fingerprint density at radius 1 is 1.00 bits per heavy atom. The smallest absolute Gasteiger partial charge is 0.134 e. The summed E-state index contributed by atoms with van der Waals surface area (Å²) in [5.41, 5.74) is 16.3. The minimum absolute atomic E-state index is 0.0629. The van der Waals surface area contributed by atoms with Gasteiger partial charge in [-0.2, -0.15) is 0 Å². The van der Waals surface area contributed by atoms with Crippen molar-refractivity contribution in [3.8, 4) is 11.5 Å². The van der Waals surface area contributed by atoms with Gasteiger partial charge in [0.05, 0.1) is 12.7 Å². The maximum Gasteiger partial charge on any atom is 0.134 e. The summed E-state index contributed by atoms with van der Waals surface area (Å²) >= 11 is 0. The first-order valence-corrected chi connectivity index (χ1v) is 11.6. The third-order valence-corrected chi connectivity index (χ3v) is 7.10. The van der Waals surface area contributed by atoms with Crippen molar-refractivity contribution in [1.82, 2.24) is 0 Å². The normalized spacial score (nSPS) is 34.5. The molecule has 1 aromatic carbocycles. The fourth-order valence-corrected chi connectivity index (χ4v) is 4.87. The Balaban J connectivity index is 1.51. The summed E-state index contributed by atoms with van der Waals surface area (Å²) in [4.78, 5) is 0. The lowest BCUT2D eigenvalue weighted by molar-refractivity contribution is -0.0275. The van der Waals surface area contributed by atoms with E-state index in [-0.39, 0.29) is 29.4 Å². The molecule has 4 N–H and O–H groups in total. The molecule has 0 amide bonds. The predicted octanol–water partition coefficient (Wildman–Crippen LogP) is 4.18. The van der Waals surface area contributed by atoms with Gasteiger partial charge in [-0.25, -0.2) is 0 Å². The number of hydrogen-bond acceptors (Lipinski definition) is 5. The van der Waals surface area contributed by atoms with Crippen molar-refractivity contribution in [3.05, 3.63) is 46.6 Å². The fraction of sp³-hybridized carbons (Fsp3) is 0.615. The molecule has 0 fully saturated rings. The summed E-state index contributed by atoms with van der Waals surface area (Å²) in [5.74, 6) is 1.99. The molecule has 0 radical (unpaired) electrons. The molecule has 3 aliphatic rings. The van der Waals surface area contributed by atoms with E-state index in [0.29, 0.717) is 6.61 Å². The first-order valence-electron chi connectivity index (χ1n) is 11.6. The third-order valence-electron chi connectivity index (χ3n) is 7.10. The highest BCUT2D eigenvalue weighted by Crippen LogP contribution is 2.46. The molecule has 1 aliphatic heterocycles. The molecule has 0 spiro atoms. The van der Waals surface area contributed by atoms with Crippen molar-refractivity contribution >= 4 is 0 Å². The van der Waals surface area contributed by atoms with Gasteiger partial charge in [-0.05, 0) is 83.1 Å². The van der Waals surface area contributed by atoms with E-state index >= 15 is 0 Å². The average molecular weight is 427 g/mol. The molecule has 1 heterocycles. The Kier molecular flexibility index (Phi) is 5.97. The van der Waals surface area contributed by atoms with Gasteiger partial charge in [0, 0.05) is 23.6 Å². The molecule has 31 heavy (non-hydrogen) atoms. The molecule has 4 rings (SSSR count). The molecule has 5 heteroatoms. The van der Waals surface area contributed by atoms with E-state index in [0.717, 1.165) is 54.7 Å². The predicted molar refractivity (Wildman–Crippen MR) is 125 cm³/mol. The molecular formula is C26H38N2O3. The molecule has 5 unspecified atom stereocenters. The third kappa shape index (κ3) is 4.69. The second kappa shape index (κ2) is 8.27. The molecule has 0 saturated heterocycles. The molecule has 170 valence electrons. The number of fused-ring (bicyclic) bond motifs is 1. The Morgan fingerprint density at radius 3 is 2.42 bits per heavy atom. The largest absolute Gasteiger partial charge is 0.486 e. The van der Waals surface area contributed by atoms with Crippen LogP contribution in [0.4, 0.5) is 0 Å². The summed E-state index contributed by atoms with van der Waals surface area (Å²) < 4.78 is 19.2. The van der Waals surface area contributed by atoms with Crippen LogP contribution in [0.1, 0.15) is 61.8 Å². The Hall–Kier alpha value is -1.82. The van der Waals surface area contributed by atoms with Crippen LogP contribution in [0.25, 0.3) is 0 Å². The highest BCUT2D eigenvalue weighted by Gasteiger charge is 2.39. The summed E-state index contributed by atoms with van der Waals surface area (Å²) in [6.45, 7) is 11.2. The summed E-state index contributed by atoms with van der Waals surface area (Å²) in [5, 5.41) is 0. The lowest BCUT2D eigenvalue weighted by atomic mass is 9.89. The van der Waals surface area contributed by atoms with E-state index in [4.69, 9.17) is 25.7 Å². The van der Waals surface area contributed by atoms with Crippen LogP contribution in [0.5, 0.6) is 11.5 Å². The monoisotopic (exact) mass is 426 g/mol. The highest BCUT2D eigenvalue weighted by atomic mass is 16.6. The van der Waals surface area contributed by atoms with E-state index in [1.165, 1.54) is 11.1 Å². The van der Waals surface area contributed by atoms with Crippen molar-refractivity contribution in [1.29, 1.82) is 0 Å². The van der Waals surface area contributed by atoms with Gasteiger partial charge in [-0.15, -0.1) is 0 Å². The quantitative estimate of drug-likeness (QED) is 0.691. The van der Waals surface area contributed by atoms with E-state index in [2.05, 4.69) is 58.9 Å². The second-order valence-corrected chi connectivity index (χ2v) is 10.3. The minimum atomic E-state index is -0.373. The average Bonchev–Trinajstić information content (AvgIpc) is 3.09. The standard InChI is InChI=1S/C26H38N2O3/c1-16-17(2)24-22(18(3)23(16)30-21-10-12-25(4,28)13-11-21)14-26(5,31-24)15-29-20-8-6-19(27)7-9-20/h6,8,10,12,19-21H,7,9,11,13-15,27-28H2,1-5H3. The van der Waals surface area contributed by atoms with Crippen molar-refractivity contribution in [2.24, 2.45) is 11.5 Å². The van der Waals surface area contributed by atoms with Crippen molar-refractivity contribution in [2.45, 2.75) is 96.1 Å². The molecule has 0 bridgehead atoms. The Morgan fingerprint density at radius 2 is 1.77 bits per heavy atom. The van der Waals surface area contributed by atoms with Crippen molar-refractivity contribution in [2.75, 3.05) is 6.61 Å². The lowest BCUT2D eigenvalue weighted by Crippen LogP contribution is -2.38. The molecular weight excluding hydrogens is 388 g/mol. The second-order valence-electron chi connectivity index (χ2n) is 10.3. The van der Waals surface area contributed by atoms with Crippen LogP contribution in [-0.2, 0) is 11.2 Å². The maximum atomic E-state index is 6.51. The van der Waals surface area contributed by atoms with Gasteiger partial charge in [0.1, 0.15) is 23.2 Å². The first-order chi connectivity index (χ1) is 14.6. The number of benzene rings is 1. The van der Waals surface area contributed by atoms with Crippen LogP contribution in [0.2, 0.25) is 0 Å². The van der Waals surface area contributed by atoms with Crippen molar-refractivity contribution < 1.29 is 14.2 Å². The van der Waals surface area contributed by atoms with E-state index in [9.17, 15) is 0 Å². The van der Waals surface area contributed by atoms with Crippen LogP contribution in [-0.4, -0.2) is 36.0 Å². The van der Waals surface area contributed by atoms with Gasteiger partial charge in [0.2, 0.25) is 0 Å². The molecule has 2 aliphatic carbocycles. The van der Waals surface area contributed by atoms with E-state index < -0.39 is 0 Å². The Labute approximate surface area is 186 Å². The summed E-state index contributed by atoms with van der Waals surface area (Å²) in [6.07, 6.45) is 13.1. The van der Waals surface area contributed by atoms with Gasteiger partial charge in [-0.3, -0.25) is 0 Å². The van der Waals surface area contributed by atoms with Gasteiger partial charge in [0.25, 0.3) is 0 Å². The number of rotatable bonds is 5. The minimum Gasteiger partial charge on any atom is -0.486 e. The van der Waals surface area contributed by atoms with E-state index in [1.807, 2.05) is 0 Å². The highest BCUT2D eigenvalue weighted by molar-refractivity contribution is 5.60. The van der Waals surface area contributed by atoms with Crippen LogP contribution < -0.4 is 20.9 Å². The zero-order chi connectivity index (χ0) is 22.4. The van der Waals surface area contributed by atoms with Gasteiger partial charge in [-0.1, -0.05) is 18.2 Å². The number of ether oxygens (including phenoxy) is 3. The molecule has 0 saturated carbocycles. The van der Waals surface area contributed by atoms with Gasteiger partial charge < -0.3 is 25.7 Å².